The number of nitrogens with zero attached hydrogens (tertiary/aromatic N) is 2. The summed E-state index contributed by atoms with van der Waals surface area (Å²) in [5.41, 5.74) is 1.48. The molecule has 1 aromatic heterocycles. The lowest BCUT2D eigenvalue weighted by Crippen LogP contribution is -2.39. The highest BCUT2D eigenvalue weighted by atomic mass is 16.7. The van der Waals surface area contributed by atoms with Gasteiger partial charge in [-0.05, 0) is 49.2 Å². The predicted octanol–water partition coefficient (Wildman–Crippen LogP) is 1.39. The van der Waals surface area contributed by atoms with E-state index in [0.717, 1.165) is 44.8 Å². The number of ether oxygens (including phenoxy) is 3. The molecule has 4 rings (SSSR count). The minimum atomic E-state index is -0.320. The van der Waals surface area contributed by atoms with Gasteiger partial charge in [-0.1, -0.05) is 6.07 Å². The first-order valence-corrected chi connectivity index (χ1v) is 10.3. The molecular formula is C22H27N3O5. The molecule has 1 fully saturated rings. The van der Waals surface area contributed by atoms with Gasteiger partial charge >= 0.3 is 0 Å². The molecule has 1 saturated heterocycles. The average Bonchev–Trinajstić information content (AvgIpc) is 3.22. The Morgan fingerprint density at radius 1 is 1.13 bits per heavy atom. The molecule has 3 heterocycles. The Morgan fingerprint density at radius 3 is 2.77 bits per heavy atom. The minimum absolute atomic E-state index is 0.199. The number of benzene rings is 1. The lowest BCUT2D eigenvalue weighted by atomic mass is 10.1. The number of rotatable bonds is 7. The number of aryl methyl sites for hydroxylation is 1. The number of hydrogen-bond acceptors (Lipinski definition) is 6. The van der Waals surface area contributed by atoms with Gasteiger partial charge in [0.05, 0.1) is 19.8 Å². The largest absolute Gasteiger partial charge is 0.454 e. The lowest BCUT2D eigenvalue weighted by molar-refractivity contribution is 0.0374. The highest BCUT2D eigenvalue weighted by Gasteiger charge is 2.17. The van der Waals surface area contributed by atoms with E-state index < -0.39 is 0 Å². The van der Waals surface area contributed by atoms with E-state index in [9.17, 15) is 9.59 Å². The van der Waals surface area contributed by atoms with E-state index in [1.54, 1.807) is 23.8 Å². The summed E-state index contributed by atoms with van der Waals surface area (Å²) in [4.78, 5) is 28.0. The lowest BCUT2D eigenvalue weighted by Gasteiger charge is -2.26. The van der Waals surface area contributed by atoms with E-state index in [-0.39, 0.29) is 23.8 Å². The number of aromatic nitrogens is 1. The summed E-state index contributed by atoms with van der Waals surface area (Å²) in [6.45, 7) is 7.17. The Kier molecular flexibility index (Phi) is 6.35. The highest BCUT2D eigenvalue weighted by molar-refractivity contribution is 5.95. The molecule has 0 radical (unpaired) electrons. The molecule has 2 aromatic rings. The molecule has 8 nitrogen and oxygen atoms in total. The third-order valence-electron chi connectivity index (χ3n) is 5.43. The van der Waals surface area contributed by atoms with Crippen molar-refractivity contribution in [2.45, 2.75) is 19.9 Å². The van der Waals surface area contributed by atoms with Gasteiger partial charge in [0, 0.05) is 25.8 Å². The summed E-state index contributed by atoms with van der Waals surface area (Å²) in [5, 5.41) is 2.90. The molecule has 0 saturated carbocycles. The molecule has 30 heavy (non-hydrogen) atoms. The van der Waals surface area contributed by atoms with Crippen molar-refractivity contribution in [1.82, 2.24) is 14.8 Å². The number of carbonyl (C=O) groups excluding carboxylic acids is 1. The van der Waals surface area contributed by atoms with E-state index in [1.807, 2.05) is 18.2 Å². The zero-order chi connectivity index (χ0) is 20.9. The van der Waals surface area contributed by atoms with Crippen LogP contribution in [0, 0.1) is 6.92 Å². The SMILES string of the molecule is Cc1ccn(Cc2ccc3c(c2)OCO3)c(=O)c1C(=O)NCCCN1CCOCC1. The van der Waals surface area contributed by atoms with E-state index >= 15 is 0 Å². The van der Waals surface area contributed by atoms with Crippen molar-refractivity contribution in [3.63, 3.8) is 0 Å². The monoisotopic (exact) mass is 413 g/mol. The first-order chi connectivity index (χ1) is 14.6. The molecule has 1 aromatic carbocycles. The summed E-state index contributed by atoms with van der Waals surface area (Å²) >= 11 is 0. The molecular weight excluding hydrogens is 386 g/mol. The van der Waals surface area contributed by atoms with Gasteiger partial charge in [-0.3, -0.25) is 14.5 Å². The first-order valence-electron chi connectivity index (χ1n) is 10.3. The van der Waals surface area contributed by atoms with Gasteiger partial charge in [0.2, 0.25) is 6.79 Å². The molecule has 1 N–H and O–H groups in total. The van der Waals surface area contributed by atoms with Crippen molar-refractivity contribution in [2.75, 3.05) is 46.2 Å². The number of hydrogen-bond donors (Lipinski definition) is 1. The van der Waals surface area contributed by atoms with E-state index in [1.165, 1.54) is 0 Å². The topological polar surface area (TPSA) is 82.0 Å². The van der Waals surface area contributed by atoms with Crippen molar-refractivity contribution in [1.29, 1.82) is 0 Å². The van der Waals surface area contributed by atoms with Crippen LogP contribution < -0.4 is 20.3 Å². The van der Waals surface area contributed by atoms with Crippen molar-refractivity contribution < 1.29 is 19.0 Å². The average molecular weight is 413 g/mol. The van der Waals surface area contributed by atoms with Crippen molar-refractivity contribution in [3.8, 4) is 11.5 Å². The Morgan fingerprint density at radius 2 is 1.93 bits per heavy atom. The van der Waals surface area contributed by atoms with Gasteiger partial charge in [0.1, 0.15) is 5.56 Å². The standard InChI is InChI=1S/C22H27N3O5/c1-16-5-8-25(14-17-3-4-18-19(13-17)30-15-29-18)22(27)20(16)21(26)23-6-2-7-24-9-11-28-12-10-24/h3-5,8,13H,2,6-7,9-12,14-15H2,1H3,(H,23,26). The number of amides is 1. The molecule has 0 atom stereocenters. The quantitative estimate of drug-likeness (QED) is 0.691. The van der Waals surface area contributed by atoms with Crippen LogP contribution in [0.5, 0.6) is 11.5 Å². The summed E-state index contributed by atoms with van der Waals surface area (Å²) in [6, 6.07) is 7.39. The van der Waals surface area contributed by atoms with Crippen LogP contribution in [-0.4, -0.2) is 61.6 Å². The maximum Gasteiger partial charge on any atom is 0.263 e. The van der Waals surface area contributed by atoms with Crippen molar-refractivity contribution >= 4 is 5.91 Å². The molecule has 0 unspecified atom stereocenters. The van der Waals surface area contributed by atoms with Crippen LogP contribution in [-0.2, 0) is 11.3 Å². The number of morpholine rings is 1. The zero-order valence-corrected chi connectivity index (χ0v) is 17.2. The molecule has 2 aliphatic rings. The van der Waals surface area contributed by atoms with Crippen LogP contribution in [0.2, 0.25) is 0 Å². The molecule has 0 aliphatic carbocycles. The summed E-state index contributed by atoms with van der Waals surface area (Å²) in [7, 11) is 0. The molecule has 0 bridgehead atoms. The molecule has 8 heteroatoms. The van der Waals surface area contributed by atoms with E-state index in [2.05, 4.69) is 10.2 Å². The normalized spacial score (nSPS) is 15.9. The molecule has 160 valence electrons. The highest BCUT2D eigenvalue weighted by Crippen LogP contribution is 2.32. The van der Waals surface area contributed by atoms with Gasteiger partial charge in [-0.2, -0.15) is 0 Å². The first kappa shape index (κ1) is 20.4. The van der Waals surface area contributed by atoms with Crippen LogP contribution in [0.3, 0.4) is 0 Å². The zero-order valence-electron chi connectivity index (χ0n) is 17.2. The second kappa shape index (κ2) is 9.32. The Hall–Kier alpha value is -2.84. The van der Waals surface area contributed by atoms with E-state index in [0.29, 0.717) is 30.2 Å². The van der Waals surface area contributed by atoms with Crippen LogP contribution in [0.4, 0.5) is 0 Å². The Bertz CT molecular complexity index is 966. The Balaban J connectivity index is 1.39. The van der Waals surface area contributed by atoms with Crippen LogP contribution in [0.25, 0.3) is 0 Å². The van der Waals surface area contributed by atoms with Gasteiger partial charge in [0.25, 0.3) is 11.5 Å². The Labute approximate surface area is 175 Å². The van der Waals surface area contributed by atoms with Crippen molar-refractivity contribution in [3.05, 3.63) is 57.5 Å². The number of nitrogens with one attached hydrogen (secondary N) is 1. The van der Waals surface area contributed by atoms with Crippen LogP contribution >= 0.6 is 0 Å². The smallest absolute Gasteiger partial charge is 0.263 e. The third-order valence-corrected chi connectivity index (χ3v) is 5.43. The maximum atomic E-state index is 13.0. The van der Waals surface area contributed by atoms with Crippen LogP contribution in [0.15, 0.2) is 35.3 Å². The van der Waals surface area contributed by atoms with Crippen molar-refractivity contribution in [2.24, 2.45) is 0 Å². The number of carbonyl (C=O) groups is 1. The fourth-order valence-corrected chi connectivity index (χ4v) is 3.72. The van der Waals surface area contributed by atoms with Gasteiger partial charge in [0.15, 0.2) is 11.5 Å². The minimum Gasteiger partial charge on any atom is -0.454 e. The molecule has 0 spiro atoms. The third kappa shape index (κ3) is 4.66. The second-order valence-corrected chi connectivity index (χ2v) is 7.56. The van der Waals surface area contributed by atoms with Gasteiger partial charge in [-0.15, -0.1) is 0 Å². The summed E-state index contributed by atoms with van der Waals surface area (Å²) in [6.07, 6.45) is 2.56. The fourth-order valence-electron chi connectivity index (χ4n) is 3.72. The van der Waals surface area contributed by atoms with Gasteiger partial charge < -0.3 is 24.1 Å². The fraction of sp³-hybridized carbons (Fsp3) is 0.455. The van der Waals surface area contributed by atoms with E-state index in [4.69, 9.17) is 14.2 Å². The summed E-state index contributed by atoms with van der Waals surface area (Å²) in [5.74, 6) is 1.05. The van der Waals surface area contributed by atoms with Crippen LogP contribution in [0.1, 0.15) is 27.9 Å². The maximum absolute atomic E-state index is 13.0. The van der Waals surface area contributed by atoms with Gasteiger partial charge in [-0.25, -0.2) is 0 Å². The molecule has 1 amide bonds. The summed E-state index contributed by atoms with van der Waals surface area (Å²) < 4.78 is 17.6. The number of fused-ring (bicyclic) bond motifs is 1. The molecule has 2 aliphatic heterocycles. The second-order valence-electron chi connectivity index (χ2n) is 7.56. The number of pyridine rings is 1. The predicted molar refractivity (Wildman–Crippen MR) is 111 cm³/mol.